The number of nitrogens with one attached hydrogen (secondary N) is 2. The van der Waals surface area contributed by atoms with Gasteiger partial charge in [-0.15, -0.1) is 6.58 Å². The van der Waals surface area contributed by atoms with Crippen molar-refractivity contribution in [2.45, 2.75) is 38.6 Å². The van der Waals surface area contributed by atoms with Crippen LogP contribution >= 0.6 is 0 Å². The van der Waals surface area contributed by atoms with Gasteiger partial charge in [-0.25, -0.2) is 4.98 Å². The van der Waals surface area contributed by atoms with Crippen molar-refractivity contribution in [2.75, 3.05) is 6.54 Å². The third-order valence-electron chi connectivity index (χ3n) is 2.47. The maximum absolute atomic E-state index is 4.08. The zero-order valence-electron chi connectivity index (χ0n) is 9.37. The molecule has 0 spiro atoms. The molecule has 0 aliphatic heterocycles. The number of allylic oxidation sites excluding steroid dienone is 1. The van der Waals surface area contributed by atoms with Gasteiger partial charge in [-0.2, -0.15) is 5.10 Å². The number of hydrogen-bond acceptors (Lipinski definition) is 3. The summed E-state index contributed by atoms with van der Waals surface area (Å²) < 4.78 is 0. The van der Waals surface area contributed by atoms with Crippen molar-refractivity contribution >= 4 is 0 Å². The van der Waals surface area contributed by atoms with Gasteiger partial charge in [0.05, 0.1) is 0 Å². The fourth-order valence-electron chi connectivity index (χ4n) is 1.52. The predicted molar refractivity (Wildman–Crippen MR) is 61.6 cm³/mol. The van der Waals surface area contributed by atoms with Crippen LogP contribution in [0.5, 0.6) is 0 Å². The second-order valence-electron chi connectivity index (χ2n) is 3.61. The lowest BCUT2D eigenvalue weighted by Gasteiger charge is -2.15. The van der Waals surface area contributed by atoms with Crippen molar-refractivity contribution < 1.29 is 0 Å². The molecule has 0 saturated carbocycles. The standard InChI is InChI=1S/C11H20N4/c1-3-5-6-10(4-2)12-8-7-11-13-9-14-15-11/h3,9-10,12H,1,4-8H2,2H3,(H,13,14,15). The molecule has 1 heterocycles. The first-order valence-electron chi connectivity index (χ1n) is 5.55. The molecule has 1 unspecified atom stereocenters. The third-order valence-corrected chi connectivity index (χ3v) is 2.47. The van der Waals surface area contributed by atoms with Gasteiger partial charge in [0, 0.05) is 19.0 Å². The van der Waals surface area contributed by atoms with Crippen LogP contribution in [-0.4, -0.2) is 27.8 Å². The Morgan fingerprint density at radius 3 is 3.13 bits per heavy atom. The second kappa shape index (κ2) is 7.17. The Kier molecular flexibility index (Phi) is 5.70. The van der Waals surface area contributed by atoms with Crippen molar-refractivity contribution in [2.24, 2.45) is 0 Å². The summed E-state index contributed by atoms with van der Waals surface area (Å²) in [5.41, 5.74) is 0. The molecule has 15 heavy (non-hydrogen) atoms. The molecule has 0 aromatic carbocycles. The van der Waals surface area contributed by atoms with Crippen molar-refractivity contribution in [1.82, 2.24) is 20.5 Å². The van der Waals surface area contributed by atoms with Gasteiger partial charge in [0.25, 0.3) is 0 Å². The van der Waals surface area contributed by atoms with Gasteiger partial charge in [-0.3, -0.25) is 5.10 Å². The topological polar surface area (TPSA) is 53.6 Å². The SMILES string of the molecule is C=CCCC(CC)NCCc1ncn[nH]1. The van der Waals surface area contributed by atoms with Gasteiger partial charge in [0.15, 0.2) is 0 Å². The zero-order valence-corrected chi connectivity index (χ0v) is 9.37. The van der Waals surface area contributed by atoms with Crippen molar-refractivity contribution in [1.29, 1.82) is 0 Å². The summed E-state index contributed by atoms with van der Waals surface area (Å²) in [6.07, 6.45) is 7.82. The van der Waals surface area contributed by atoms with E-state index in [-0.39, 0.29) is 0 Å². The Hall–Kier alpha value is -1.16. The maximum atomic E-state index is 4.08. The Morgan fingerprint density at radius 1 is 1.67 bits per heavy atom. The molecule has 1 aromatic heterocycles. The van der Waals surface area contributed by atoms with Crippen LogP contribution in [0.1, 0.15) is 32.0 Å². The fraction of sp³-hybridized carbons (Fsp3) is 0.636. The zero-order chi connectivity index (χ0) is 10.9. The molecule has 1 rings (SSSR count). The van der Waals surface area contributed by atoms with Crippen molar-refractivity contribution in [3.8, 4) is 0 Å². The van der Waals surface area contributed by atoms with Crippen LogP contribution in [0.15, 0.2) is 19.0 Å². The fourth-order valence-corrected chi connectivity index (χ4v) is 1.52. The summed E-state index contributed by atoms with van der Waals surface area (Å²) >= 11 is 0. The average molecular weight is 208 g/mol. The summed E-state index contributed by atoms with van der Waals surface area (Å²) in [6, 6.07) is 0.589. The highest BCUT2D eigenvalue weighted by molar-refractivity contribution is 4.81. The third kappa shape index (κ3) is 4.74. The molecule has 2 N–H and O–H groups in total. The first-order chi connectivity index (χ1) is 7.36. The summed E-state index contributed by atoms with van der Waals surface area (Å²) in [5.74, 6) is 0.945. The quantitative estimate of drug-likeness (QED) is 0.639. The number of aromatic nitrogens is 3. The number of nitrogens with zero attached hydrogens (tertiary/aromatic N) is 2. The Bertz CT molecular complexity index is 256. The molecule has 0 fully saturated rings. The number of aromatic amines is 1. The van der Waals surface area contributed by atoms with Gasteiger partial charge in [0.1, 0.15) is 12.2 Å². The van der Waals surface area contributed by atoms with E-state index in [9.17, 15) is 0 Å². The first-order valence-corrected chi connectivity index (χ1v) is 5.55. The van der Waals surface area contributed by atoms with Gasteiger partial charge in [-0.05, 0) is 19.3 Å². The lowest BCUT2D eigenvalue weighted by molar-refractivity contribution is 0.472. The lowest BCUT2D eigenvalue weighted by Crippen LogP contribution is -2.30. The smallest absolute Gasteiger partial charge is 0.137 e. The van der Waals surface area contributed by atoms with E-state index in [1.54, 1.807) is 6.33 Å². The van der Waals surface area contributed by atoms with Crippen LogP contribution < -0.4 is 5.32 Å². The van der Waals surface area contributed by atoms with Crippen LogP contribution in [0.2, 0.25) is 0 Å². The van der Waals surface area contributed by atoms with E-state index in [4.69, 9.17) is 0 Å². The van der Waals surface area contributed by atoms with E-state index >= 15 is 0 Å². The minimum atomic E-state index is 0.589. The Labute approximate surface area is 91.2 Å². The minimum Gasteiger partial charge on any atom is -0.314 e. The van der Waals surface area contributed by atoms with E-state index in [2.05, 4.69) is 34.0 Å². The molecule has 1 atom stereocenters. The highest BCUT2D eigenvalue weighted by Gasteiger charge is 2.04. The van der Waals surface area contributed by atoms with Gasteiger partial charge >= 0.3 is 0 Å². The average Bonchev–Trinajstić information content (AvgIpc) is 2.76. The normalized spacial score (nSPS) is 12.6. The van der Waals surface area contributed by atoms with Crippen LogP contribution in [0.25, 0.3) is 0 Å². The maximum Gasteiger partial charge on any atom is 0.137 e. The largest absolute Gasteiger partial charge is 0.314 e. The molecule has 0 bridgehead atoms. The molecular weight excluding hydrogens is 188 g/mol. The van der Waals surface area contributed by atoms with Gasteiger partial charge in [0.2, 0.25) is 0 Å². The second-order valence-corrected chi connectivity index (χ2v) is 3.61. The number of hydrogen-bond donors (Lipinski definition) is 2. The molecule has 4 heteroatoms. The first kappa shape index (κ1) is 11.9. The van der Waals surface area contributed by atoms with E-state index in [0.717, 1.165) is 38.1 Å². The molecule has 84 valence electrons. The van der Waals surface area contributed by atoms with E-state index in [1.165, 1.54) is 0 Å². The highest BCUT2D eigenvalue weighted by Crippen LogP contribution is 2.01. The Morgan fingerprint density at radius 2 is 2.53 bits per heavy atom. The number of rotatable bonds is 8. The summed E-state index contributed by atoms with van der Waals surface area (Å²) in [5, 5.41) is 10.2. The molecule has 0 radical (unpaired) electrons. The summed E-state index contributed by atoms with van der Waals surface area (Å²) in [6.45, 7) is 6.89. The van der Waals surface area contributed by atoms with Crippen molar-refractivity contribution in [3.63, 3.8) is 0 Å². The van der Waals surface area contributed by atoms with Crippen LogP contribution in [-0.2, 0) is 6.42 Å². The summed E-state index contributed by atoms with van der Waals surface area (Å²) in [4.78, 5) is 4.08. The van der Waals surface area contributed by atoms with Crippen molar-refractivity contribution in [3.05, 3.63) is 24.8 Å². The molecular formula is C11H20N4. The number of H-pyrrole nitrogens is 1. The minimum absolute atomic E-state index is 0.589. The molecule has 0 aliphatic carbocycles. The van der Waals surface area contributed by atoms with Gasteiger partial charge in [-0.1, -0.05) is 13.0 Å². The van der Waals surface area contributed by atoms with E-state index in [1.807, 2.05) is 6.08 Å². The van der Waals surface area contributed by atoms with Gasteiger partial charge < -0.3 is 5.32 Å². The van der Waals surface area contributed by atoms with Crippen LogP contribution in [0, 0.1) is 0 Å². The Balaban J connectivity index is 2.14. The molecule has 0 saturated heterocycles. The predicted octanol–water partition coefficient (Wildman–Crippen LogP) is 1.68. The molecule has 1 aromatic rings. The lowest BCUT2D eigenvalue weighted by atomic mass is 10.1. The van der Waals surface area contributed by atoms with E-state index in [0.29, 0.717) is 6.04 Å². The molecule has 4 nitrogen and oxygen atoms in total. The van der Waals surface area contributed by atoms with Crippen LogP contribution in [0.3, 0.4) is 0 Å². The molecule has 0 aliphatic rings. The van der Waals surface area contributed by atoms with E-state index < -0.39 is 0 Å². The summed E-state index contributed by atoms with van der Waals surface area (Å²) in [7, 11) is 0. The molecule has 0 amide bonds. The van der Waals surface area contributed by atoms with Crippen LogP contribution in [0.4, 0.5) is 0 Å². The highest BCUT2D eigenvalue weighted by atomic mass is 15.2. The monoisotopic (exact) mass is 208 g/mol.